The zero-order valence-corrected chi connectivity index (χ0v) is 15.8. The standard InChI is InChI=1S/C10H16O4.C10H10O2/c1-7(2)13-9(11)5-6-10(12)14-8(3)4;1-12-10(11)8-7-9-5-3-2-4-6-9/h5-8H,1-4H3;2-8H,1H3/b6-5+;. The first kappa shape index (κ1) is 23.1. The van der Waals surface area contributed by atoms with E-state index in [1.807, 2.05) is 30.3 Å². The summed E-state index contributed by atoms with van der Waals surface area (Å²) in [5.74, 6) is -1.42. The second-order valence-electron chi connectivity index (χ2n) is 5.57. The molecule has 26 heavy (non-hydrogen) atoms. The molecule has 0 unspecified atom stereocenters. The maximum Gasteiger partial charge on any atom is 0.331 e. The molecule has 0 N–H and O–H groups in total. The van der Waals surface area contributed by atoms with Crippen LogP contribution >= 0.6 is 0 Å². The molecule has 0 heterocycles. The van der Waals surface area contributed by atoms with E-state index in [4.69, 9.17) is 9.47 Å². The summed E-state index contributed by atoms with van der Waals surface area (Å²) in [4.78, 5) is 32.5. The van der Waals surface area contributed by atoms with Crippen molar-refractivity contribution >= 4 is 24.0 Å². The van der Waals surface area contributed by atoms with E-state index >= 15 is 0 Å². The molecule has 1 aromatic rings. The third kappa shape index (κ3) is 13.5. The summed E-state index contributed by atoms with van der Waals surface area (Å²) in [6.07, 6.45) is 4.86. The summed E-state index contributed by atoms with van der Waals surface area (Å²) in [6.45, 7) is 6.94. The summed E-state index contributed by atoms with van der Waals surface area (Å²) in [5, 5.41) is 0. The lowest BCUT2D eigenvalue weighted by atomic mass is 10.2. The van der Waals surface area contributed by atoms with Gasteiger partial charge in [-0.2, -0.15) is 0 Å². The van der Waals surface area contributed by atoms with Crippen molar-refractivity contribution in [1.29, 1.82) is 0 Å². The zero-order chi connectivity index (χ0) is 19.9. The van der Waals surface area contributed by atoms with Crippen molar-refractivity contribution in [1.82, 2.24) is 0 Å². The van der Waals surface area contributed by atoms with Crippen LogP contribution in [-0.4, -0.2) is 37.2 Å². The molecule has 0 aliphatic heterocycles. The molecular formula is C20H26O6. The van der Waals surface area contributed by atoms with Crippen molar-refractivity contribution in [2.45, 2.75) is 39.9 Å². The van der Waals surface area contributed by atoms with Crippen molar-refractivity contribution in [2.24, 2.45) is 0 Å². The number of rotatable bonds is 6. The van der Waals surface area contributed by atoms with Gasteiger partial charge in [0.05, 0.1) is 19.3 Å². The highest BCUT2D eigenvalue weighted by atomic mass is 16.5. The third-order valence-corrected chi connectivity index (χ3v) is 2.47. The quantitative estimate of drug-likeness (QED) is 0.439. The normalized spacial score (nSPS) is 10.6. The minimum atomic E-state index is -0.541. The smallest absolute Gasteiger partial charge is 0.331 e. The summed E-state index contributed by atoms with van der Waals surface area (Å²) in [7, 11) is 1.36. The zero-order valence-electron chi connectivity index (χ0n) is 15.8. The number of esters is 3. The van der Waals surface area contributed by atoms with Gasteiger partial charge in [0.2, 0.25) is 0 Å². The Kier molecular flexibility index (Phi) is 11.9. The monoisotopic (exact) mass is 362 g/mol. The summed E-state index contributed by atoms with van der Waals surface area (Å²) in [5.41, 5.74) is 0.989. The van der Waals surface area contributed by atoms with Gasteiger partial charge in [-0.3, -0.25) is 0 Å². The predicted octanol–water partition coefficient (Wildman–Crippen LogP) is 3.32. The Labute approximate surface area is 154 Å². The van der Waals surface area contributed by atoms with E-state index in [0.717, 1.165) is 17.7 Å². The van der Waals surface area contributed by atoms with Crippen LogP contribution in [0.2, 0.25) is 0 Å². The summed E-state index contributed by atoms with van der Waals surface area (Å²) < 4.78 is 14.0. The van der Waals surface area contributed by atoms with Gasteiger partial charge in [0.1, 0.15) is 0 Å². The molecule has 0 spiro atoms. The van der Waals surface area contributed by atoms with Crippen LogP contribution in [-0.2, 0) is 28.6 Å². The number of hydrogen-bond acceptors (Lipinski definition) is 6. The van der Waals surface area contributed by atoms with Crippen LogP contribution in [0.5, 0.6) is 0 Å². The molecule has 6 nitrogen and oxygen atoms in total. The average Bonchev–Trinajstić information content (AvgIpc) is 2.58. The first-order valence-electron chi connectivity index (χ1n) is 8.15. The van der Waals surface area contributed by atoms with Gasteiger partial charge in [-0.05, 0) is 39.3 Å². The maximum atomic E-state index is 10.9. The van der Waals surface area contributed by atoms with Crippen LogP contribution < -0.4 is 0 Å². The van der Waals surface area contributed by atoms with Crippen LogP contribution in [0.25, 0.3) is 6.08 Å². The highest BCUT2D eigenvalue weighted by molar-refractivity contribution is 5.91. The van der Waals surface area contributed by atoms with Gasteiger partial charge in [0.25, 0.3) is 0 Å². The fourth-order valence-electron chi connectivity index (χ4n) is 1.48. The Hall–Kier alpha value is -2.89. The lowest BCUT2D eigenvalue weighted by molar-refractivity contribution is -0.144. The lowest BCUT2D eigenvalue weighted by Crippen LogP contribution is -2.11. The van der Waals surface area contributed by atoms with Crippen molar-refractivity contribution in [3.8, 4) is 0 Å². The van der Waals surface area contributed by atoms with E-state index in [-0.39, 0.29) is 18.2 Å². The van der Waals surface area contributed by atoms with Gasteiger partial charge in [0.15, 0.2) is 0 Å². The molecule has 142 valence electrons. The van der Waals surface area contributed by atoms with E-state index in [2.05, 4.69) is 4.74 Å². The van der Waals surface area contributed by atoms with Crippen molar-refractivity contribution < 1.29 is 28.6 Å². The molecule has 6 heteroatoms. The van der Waals surface area contributed by atoms with E-state index in [1.165, 1.54) is 13.2 Å². The summed E-state index contributed by atoms with van der Waals surface area (Å²) in [6, 6.07) is 9.59. The van der Waals surface area contributed by atoms with Gasteiger partial charge in [0, 0.05) is 18.2 Å². The van der Waals surface area contributed by atoms with Crippen molar-refractivity contribution in [3.05, 3.63) is 54.1 Å². The first-order valence-corrected chi connectivity index (χ1v) is 8.15. The van der Waals surface area contributed by atoms with Gasteiger partial charge in [-0.15, -0.1) is 0 Å². The number of methoxy groups -OCH3 is 1. The molecule has 0 saturated carbocycles. The maximum absolute atomic E-state index is 10.9. The van der Waals surface area contributed by atoms with Gasteiger partial charge in [-0.1, -0.05) is 30.3 Å². The number of benzene rings is 1. The molecule has 0 aliphatic carbocycles. The second-order valence-corrected chi connectivity index (χ2v) is 5.57. The Balaban J connectivity index is 0.000000485. The molecule has 0 aromatic heterocycles. The van der Waals surface area contributed by atoms with Crippen LogP contribution in [0.4, 0.5) is 0 Å². The number of ether oxygens (including phenoxy) is 3. The Morgan fingerprint density at radius 3 is 1.62 bits per heavy atom. The molecule has 1 aromatic carbocycles. The van der Waals surface area contributed by atoms with Crippen LogP contribution in [0.1, 0.15) is 33.3 Å². The third-order valence-electron chi connectivity index (χ3n) is 2.47. The Morgan fingerprint density at radius 2 is 1.23 bits per heavy atom. The fourth-order valence-corrected chi connectivity index (χ4v) is 1.48. The number of carbonyl (C=O) groups excluding carboxylic acids is 3. The predicted molar refractivity (Wildman–Crippen MR) is 99.1 cm³/mol. The highest BCUT2D eigenvalue weighted by Crippen LogP contribution is 2.00. The largest absolute Gasteiger partial charge is 0.466 e. The van der Waals surface area contributed by atoms with Gasteiger partial charge >= 0.3 is 17.9 Å². The molecule has 0 atom stereocenters. The molecule has 0 bridgehead atoms. The molecule has 0 amide bonds. The Bertz CT molecular complexity index is 590. The number of carbonyl (C=O) groups is 3. The van der Waals surface area contributed by atoms with E-state index in [0.29, 0.717) is 0 Å². The Morgan fingerprint density at radius 1 is 0.769 bits per heavy atom. The first-order chi connectivity index (χ1) is 12.2. The molecule has 0 saturated heterocycles. The van der Waals surface area contributed by atoms with E-state index < -0.39 is 11.9 Å². The van der Waals surface area contributed by atoms with E-state index in [1.54, 1.807) is 33.8 Å². The minimum absolute atomic E-state index is 0.187. The van der Waals surface area contributed by atoms with Crippen molar-refractivity contribution in [3.63, 3.8) is 0 Å². The number of hydrogen-bond donors (Lipinski definition) is 0. The molecule has 1 rings (SSSR count). The fraction of sp³-hybridized carbons (Fsp3) is 0.350. The van der Waals surface area contributed by atoms with Crippen LogP contribution in [0.15, 0.2) is 48.6 Å². The minimum Gasteiger partial charge on any atom is -0.466 e. The van der Waals surface area contributed by atoms with Crippen molar-refractivity contribution in [2.75, 3.05) is 7.11 Å². The van der Waals surface area contributed by atoms with Gasteiger partial charge < -0.3 is 14.2 Å². The lowest BCUT2D eigenvalue weighted by Gasteiger charge is -2.05. The molecule has 0 aliphatic rings. The van der Waals surface area contributed by atoms with Gasteiger partial charge in [-0.25, -0.2) is 14.4 Å². The second kappa shape index (κ2) is 13.4. The van der Waals surface area contributed by atoms with Crippen LogP contribution in [0, 0.1) is 0 Å². The molecule has 0 fully saturated rings. The molecular weight excluding hydrogens is 336 g/mol. The molecule has 0 radical (unpaired) electrons. The average molecular weight is 362 g/mol. The van der Waals surface area contributed by atoms with Crippen LogP contribution in [0.3, 0.4) is 0 Å². The SMILES string of the molecule is CC(C)OC(=O)/C=C/C(=O)OC(C)C.COC(=O)C=Cc1ccccc1. The topological polar surface area (TPSA) is 78.9 Å². The van der Waals surface area contributed by atoms with E-state index in [9.17, 15) is 14.4 Å². The highest BCUT2D eigenvalue weighted by Gasteiger charge is 2.03. The summed E-state index contributed by atoms with van der Waals surface area (Å²) >= 11 is 0.